The lowest BCUT2D eigenvalue weighted by Crippen LogP contribution is -2.13. The zero-order valence-electron chi connectivity index (χ0n) is 20.4. The van der Waals surface area contributed by atoms with E-state index < -0.39 is 0 Å². The van der Waals surface area contributed by atoms with Crippen LogP contribution in [-0.2, 0) is 14.1 Å². The highest BCUT2D eigenvalue weighted by Gasteiger charge is 2.27. The summed E-state index contributed by atoms with van der Waals surface area (Å²) in [5, 5.41) is 3.91. The third-order valence-electron chi connectivity index (χ3n) is 7.83. The van der Waals surface area contributed by atoms with Crippen LogP contribution in [0.5, 0.6) is 0 Å². The van der Waals surface area contributed by atoms with E-state index in [0.29, 0.717) is 10.9 Å². The molecule has 2 aliphatic heterocycles. The van der Waals surface area contributed by atoms with Crippen LogP contribution in [0.1, 0.15) is 0 Å². The fourth-order valence-corrected chi connectivity index (χ4v) is 6.23. The largest absolute Gasteiger partial charge is 0.342 e. The van der Waals surface area contributed by atoms with Crippen LogP contribution in [0.3, 0.4) is 0 Å². The predicted molar refractivity (Wildman–Crippen MR) is 152 cm³/mol. The predicted octanol–water partition coefficient (Wildman–Crippen LogP) is 6.78. The van der Waals surface area contributed by atoms with E-state index in [1.807, 2.05) is 42.5 Å². The molecule has 0 amide bonds. The molecule has 5 nitrogen and oxygen atoms in total. The molecule has 2 aromatic heterocycles. The number of pyridine rings is 2. The van der Waals surface area contributed by atoms with Gasteiger partial charge in [-0.3, -0.25) is 4.79 Å². The SMILES string of the molecule is Cn1c2c3ccccc3nc-2c(-n2c3ccccc3c3c2c(=O)c2ccccc2n3C)c2ccccc21. The van der Waals surface area contributed by atoms with E-state index in [2.05, 4.69) is 82.4 Å². The molecule has 8 rings (SSSR count). The summed E-state index contributed by atoms with van der Waals surface area (Å²) in [6.45, 7) is 0. The highest BCUT2D eigenvalue weighted by Crippen LogP contribution is 2.43. The Morgan fingerprint density at radius 2 is 1.14 bits per heavy atom. The van der Waals surface area contributed by atoms with Crippen LogP contribution in [0.25, 0.3) is 71.7 Å². The second kappa shape index (κ2) is 7.08. The zero-order chi connectivity index (χ0) is 24.8. The Balaban J connectivity index is 1.71. The molecule has 0 spiro atoms. The second-order valence-corrected chi connectivity index (χ2v) is 9.71. The highest BCUT2D eigenvalue weighted by molar-refractivity contribution is 6.14. The third-order valence-corrected chi connectivity index (χ3v) is 7.83. The van der Waals surface area contributed by atoms with Crippen molar-refractivity contribution in [3.05, 3.63) is 107 Å². The molecule has 0 atom stereocenters. The Morgan fingerprint density at radius 3 is 1.89 bits per heavy atom. The van der Waals surface area contributed by atoms with Crippen LogP contribution >= 0.6 is 0 Å². The maximum atomic E-state index is 14.3. The average molecular weight is 479 g/mol. The minimum Gasteiger partial charge on any atom is -0.342 e. The van der Waals surface area contributed by atoms with Gasteiger partial charge in [0.15, 0.2) is 0 Å². The summed E-state index contributed by atoms with van der Waals surface area (Å²) in [5.74, 6) is 0. The van der Waals surface area contributed by atoms with E-state index in [4.69, 9.17) is 4.98 Å². The van der Waals surface area contributed by atoms with E-state index in [1.54, 1.807) is 0 Å². The molecule has 37 heavy (non-hydrogen) atoms. The normalized spacial score (nSPS) is 12.2. The molecule has 5 heteroatoms. The first-order valence-corrected chi connectivity index (χ1v) is 12.4. The van der Waals surface area contributed by atoms with Crippen molar-refractivity contribution in [2.45, 2.75) is 0 Å². The molecule has 0 saturated carbocycles. The number of hydrogen-bond acceptors (Lipinski definition) is 2. The van der Waals surface area contributed by atoms with E-state index >= 15 is 0 Å². The van der Waals surface area contributed by atoms with Crippen molar-refractivity contribution in [2.24, 2.45) is 14.1 Å². The lowest BCUT2D eigenvalue weighted by Gasteiger charge is -2.20. The first-order valence-electron chi connectivity index (χ1n) is 12.4. The van der Waals surface area contributed by atoms with Gasteiger partial charge < -0.3 is 13.7 Å². The molecule has 0 radical (unpaired) electrons. The second-order valence-electron chi connectivity index (χ2n) is 9.71. The van der Waals surface area contributed by atoms with Crippen LogP contribution in [0.4, 0.5) is 0 Å². The van der Waals surface area contributed by atoms with E-state index in [1.165, 1.54) is 0 Å². The van der Waals surface area contributed by atoms with Crippen molar-refractivity contribution < 1.29 is 0 Å². The number of para-hydroxylation sites is 4. The topological polar surface area (TPSA) is 44.8 Å². The minimum absolute atomic E-state index is 0.0291. The van der Waals surface area contributed by atoms with Gasteiger partial charge in [0, 0.05) is 35.6 Å². The van der Waals surface area contributed by atoms with Gasteiger partial charge in [0.1, 0.15) is 11.2 Å². The molecule has 2 aliphatic rings. The van der Waals surface area contributed by atoms with Crippen molar-refractivity contribution in [3.63, 3.8) is 0 Å². The number of benzene rings is 4. The molecule has 0 fully saturated rings. The Bertz CT molecular complexity index is 2250. The lowest BCUT2D eigenvalue weighted by atomic mass is 10.1. The van der Waals surface area contributed by atoms with Crippen molar-refractivity contribution in [3.8, 4) is 17.1 Å². The van der Waals surface area contributed by atoms with Crippen molar-refractivity contribution in [2.75, 3.05) is 0 Å². The molecular formula is C32H22N4O. The number of fused-ring (bicyclic) bond motifs is 8. The van der Waals surface area contributed by atoms with Gasteiger partial charge >= 0.3 is 0 Å². The molecule has 4 aromatic carbocycles. The van der Waals surface area contributed by atoms with Gasteiger partial charge in [-0.1, -0.05) is 66.7 Å². The number of hydrogen-bond donors (Lipinski definition) is 0. The first-order chi connectivity index (χ1) is 18.1. The summed E-state index contributed by atoms with van der Waals surface area (Å²) in [6.07, 6.45) is 0. The number of aromatic nitrogens is 4. The summed E-state index contributed by atoms with van der Waals surface area (Å²) >= 11 is 0. The monoisotopic (exact) mass is 478 g/mol. The van der Waals surface area contributed by atoms with Crippen LogP contribution in [0, 0.1) is 0 Å². The summed E-state index contributed by atoms with van der Waals surface area (Å²) in [7, 11) is 4.15. The van der Waals surface area contributed by atoms with Crippen LogP contribution in [0.2, 0.25) is 0 Å². The fraction of sp³-hybridized carbons (Fsp3) is 0.0625. The fourth-order valence-electron chi connectivity index (χ4n) is 6.23. The van der Waals surface area contributed by atoms with Crippen LogP contribution in [-0.4, -0.2) is 18.7 Å². The average Bonchev–Trinajstić information content (AvgIpc) is 3.49. The van der Waals surface area contributed by atoms with Crippen LogP contribution < -0.4 is 5.43 Å². The molecular weight excluding hydrogens is 456 g/mol. The standard InChI is InChI=1S/C32H22N4O/c1-34-24-16-8-4-12-20(24)29(27-28(34)19-11-3-7-15-23(19)33-27)36-26-18-10-5-13-21(26)30-31(36)32(37)22-14-6-9-17-25(22)35(30)2/h3-18H,1-2H3. The summed E-state index contributed by atoms with van der Waals surface area (Å²) in [5.41, 5.74) is 8.49. The third kappa shape index (κ3) is 2.48. The van der Waals surface area contributed by atoms with Crippen molar-refractivity contribution in [1.82, 2.24) is 18.7 Å². The van der Waals surface area contributed by atoms with Gasteiger partial charge in [0.25, 0.3) is 0 Å². The molecule has 0 N–H and O–H groups in total. The van der Waals surface area contributed by atoms with Gasteiger partial charge in [-0.25, -0.2) is 4.98 Å². The van der Waals surface area contributed by atoms with Gasteiger partial charge in [-0.15, -0.1) is 0 Å². The van der Waals surface area contributed by atoms with E-state index in [-0.39, 0.29) is 5.43 Å². The summed E-state index contributed by atoms with van der Waals surface area (Å²) < 4.78 is 6.54. The van der Waals surface area contributed by atoms with Gasteiger partial charge in [-0.05, 0) is 30.3 Å². The lowest BCUT2D eigenvalue weighted by molar-refractivity contribution is 0.959. The highest BCUT2D eigenvalue weighted by atomic mass is 16.1. The molecule has 4 heterocycles. The molecule has 0 saturated heterocycles. The minimum atomic E-state index is 0.0291. The number of aryl methyl sites for hydroxylation is 2. The van der Waals surface area contributed by atoms with E-state index in [9.17, 15) is 4.79 Å². The first kappa shape index (κ1) is 20.3. The van der Waals surface area contributed by atoms with Crippen molar-refractivity contribution >= 4 is 54.6 Å². The van der Waals surface area contributed by atoms with E-state index in [0.717, 1.165) is 60.8 Å². The Labute approximate surface area is 211 Å². The molecule has 0 aliphatic carbocycles. The number of nitrogens with zero attached hydrogens (tertiary/aromatic N) is 4. The Hall–Kier alpha value is -4.90. The molecule has 176 valence electrons. The Kier molecular flexibility index (Phi) is 3.88. The van der Waals surface area contributed by atoms with Crippen LogP contribution in [0.15, 0.2) is 102 Å². The maximum Gasteiger partial charge on any atom is 0.214 e. The maximum absolute atomic E-state index is 14.3. The summed E-state index contributed by atoms with van der Waals surface area (Å²) in [4.78, 5) is 19.4. The summed E-state index contributed by atoms with van der Waals surface area (Å²) in [6, 6.07) is 32.8. The van der Waals surface area contributed by atoms with Crippen molar-refractivity contribution in [1.29, 1.82) is 0 Å². The van der Waals surface area contributed by atoms with Gasteiger partial charge in [-0.2, -0.15) is 0 Å². The van der Waals surface area contributed by atoms with Gasteiger partial charge in [0.05, 0.1) is 39.0 Å². The molecule has 0 bridgehead atoms. The number of rotatable bonds is 1. The smallest absolute Gasteiger partial charge is 0.214 e. The van der Waals surface area contributed by atoms with Gasteiger partial charge in [0.2, 0.25) is 5.43 Å². The molecule has 6 aromatic rings. The Morgan fingerprint density at radius 1 is 0.568 bits per heavy atom. The quantitative estimate of drug-likeness (QED) is 0.261. The zero-order valence-corrected chi connectivity index (χ0v) is 20.4. The molecule has 0 unspecified atom stereocenters.